The van der Waals surface area contributed by atoms with Crippen LogP contribution in [0.1, 0.15) is 11.4 Å². The summed E-state index contributed by atoms with van der Waals surface area (Å²) in [5.41, 5.74) is 6.48. The number of nitrogens with two attached hydrogens (primary N) is 1. The number of aliphatic imine (C=N–C) groups is 1. The molecule has 0 spiro atoms. The van der Waals surface area contributed by atoms with Crippen LogP contribution in [-0.4, -0.2) is 36.0 Å². The summed E-state index contributed by atoms with van der Waals surface area (Å²) < 4.78 is 5.17. The summed E-state index contributed by atoms with van der Waals surface area (Å²) >= 11 is 0. The van der Waals surface area contributed by atoms with Crippen molar-refractivity contribution >= 4 is 11.7 Å². The zero-order valence-electron chi connectivity index (χ0n) is 8.74. The van der Waals surface area contributed by atoms with Gasteiger partial charge in [0.25, 0.3) is 0 Å². The van der Waals surface area contributed by atoms with Gasteiger partial charge in [0.1, 0.15) is 23.0 Å². The molecule has 0 radical (unpaired) electrons. The highest BCUT2D eigenvalue weighted by Gasteiger charge is 2.19. The lowest BCUT2D eigenvalue weighted by molar-refractivity contribution is 0.395. The summed E-state index contributed by atoms with van der Waals surface area (Å²) in [6.45, 7) is 3.32. The molecule has 0 saturated carbocycles. The quantitative estimate of drug-likeness (QED) is 0.697. The van der Waals surface area contributed by atoms with Crippen molar-refractivity contribution in [2.24, 2.45) is 4.99 Å². The Hall–Kier alpha value is -1.85. The molecule has 0 bridgehead atoms. The van der Waals surface area contributed by atoms with E-state index in [1.165, 1.54) is 0 Å². The van der Waals surface area contributed by atoms with Gasteiger partial charge in [0, 0.05) is 6.54 Å². The van der Waals surface area contributed by atoms with E-state index >= 15 is 0 Å². The molecule has 0 unspecified atom stereocenters. The summed E-state index contributed by atoms with van der Waals surface area (Å²) in [7, 11) is 1.56. The molecular formula is C9H13N5O. The Bertz CT molecular complexity index is 415. The van der Waals surface area contributed by atoms with Crippen molar-refractivity contribution in [1.29, 1.82) is 0 Å². The molecular weight excluding hydrogens is 194 g/mol. The maximum absolute atomic E-state index is 5.83. The van der Waals surface area contributed by atoms with Gasteiger partial charge in [-0.1, -0.05) is 0 Å². The van der Waals surface area contributed by atoms with Crippen molar-refractivity contribution in [2.75, 3.05) is 25.9 Å². The molecule has 6 nitrogen and oxygen atoms in total. The monoisotopic (exact) mass is 207 g/mol. The van der Waals surface area contributed by atoms with Crippen LogP contribution in [-0.2, 0) is 0 Å². The van der Waals surface area contributed by atoms with Gasteiger partial charge in [-0.15, -0.1) is 0 Å². The maximum Gasteiger partial charge on any atom is 0.229 e. The molecule has 6 heteroatoms. The Labute approximate surface area is 87.6 Å². The van der Waals surface area contributed by atoms with Gasteiger partial charge in [-0.05, 0) is 6.92 Å². The molecule has 0 fully saturated rings. The summed E-state index contributed by atoms with van der Waals surface area (Å²) in [4.78, 5) is 12.5. The van der Waals surface area contributed by atoms with Crippen molar-refractivity contribution in [3.8, 4) is 5.88 Å². The molecule has 1 aromatic rings. The van der Waals surface area contributed by atoms with Crippen LogP contribution in [0, 0.1) is 6.92 Å². The Kier molecular flexibility index (Phi) is 2.40. The number of nitrogen functional groups attached to an aromatic ring is 1. The zero-order valence-corrected chi connectivity index (χ0v) is 8.74. The van der Waals surface area contributed by atoms with Crippen molar-refractivity contribution in [3.05, 3.63) is 11.4 Å². The average molecular weight is 207 g/mol. The maximum atomic E-state index is 5.83. The third-order valence-electron chi connectivity index (χ3n) is 2.12. The number of ether oxygens (including phenoxy) is 1. The van der Waals surface area contributed by atoms with Gasteiger partial charge in [0.15, 0.2) is 0 Å². The summed E-state index contributed by atoms with van der Waals surface area (Å²) in [6, 6.07) is 0. The number of nitrogens with one attached hydrogen (secondary N) is 1. The van der Waals surface area contributed by atoms with Crippen LogP contribution in [0.2, 0.25) is 0 Å². The molecule has 0 amide bonds. The van der Waals surface area contributed by atoms with E-state index < -0.39 is 0 Å². The number of aromatic nitrogens is 2. The Morgan fingerprint density at radius 3 is 2.80 bits per heavy atom. The van der Waals surface area contributed by atoms with Crippen LogP contribution in [0.25, 0.3) is 0 Å². The summed E-state index contributed by atoms with van der Waals surface area (Å²) in [5, 5.41) is 3.12. The number of anilines is 1. The van der Waals surface area contributed by atoms with Crippen molar-refractivity contribution in [1.82, 2.24) is 15.3 Å². The first-order valence-electron chi connectivity index (χ1n) is 4.69. The lowest BCUT2D eigenvalue weighted by Crippen LogP contribution is -2.22. The number of rotatable bonds is 2. The standard InChI is InChI=1S/C9H13N5O/c1-5-13-7(10)6(9(14-5)15-2)8-11-3-4-12-8/h3-4H2,1-2H3,(H,11,12)(H2,10,13,14). The number of aryl methyl sites for hydroxylation is 1. The third kappa shape index (κ3) is 1.70. The Morgan fingerprint density at radius 2 is 2.20 bits per heavy atom. The van der Waals surface area contributed by atoms with Gasteiger partial charge in [0.05, 0.1) is 13.7 Å². The third-order valence-corrected chi connectivity index (χ3v) is 2.12. The fraction of sp³-hybridized carbons (Fsp3) is 0.444. The first-order chi connectivity index (χ1) is 7.22. The highest BCUT2D eigenvalue weighted by molar-refractivity contribution is 6.05. The normalized spacial score (nSPS) is 14.7. The van der Waals surface area contributed by atoms with E-state index in [1.807, 2.05) is 0 Å². The molecule has 0 aromatic carbocycles. The van der Waals surface area contributed by atoms with Gasteiger partial charge in [0.2, 0.25) is 5.88 Å². The molecule has 0 atom stereocenters. The van der Waals surface area contributed by atoms with Gasteiger partial charge < -0.3 is 15.8 Å². The second-order valence-corrected chi connectivity index (χ2v) is 3.20. The topological polar surface area (TPSA) is 85.4 Å². The molecule has 2 rings (SSSR count). The average Bonchev–Trinajstić information content (AvgIpc) is 2.69. The number of nitrogens with zero attached hydrogens (tertiary/aromatic N) is 3. The van der Waals surface area contributed by atoms with Gasteiger partial charge >= 0.3 is 0 Å². The van der Waals surface area contributed by atoms with E-state index in [4.69, 9.17) is 10.5 Å². The lowest BCUT2D eigenvalue weighted by Gasteiger charge is -2.10. The van der Waals surface area contributed by atoms with Crippen LogP contribution >= 0.6 is 0 Å². The Balaban J connectivity index is 2.53. The van der Waals surface area contributed by atoms with Crippen molar-refractivity contribution in [3.63, 3.8) is 0 Å². The molecule has 0 saturated heterocycles. The van der Waals surface area contributed by atoms with Crippen LogP contribution in [0.3, 0.4) is 0 Å². The summed E-state index contributed by atoms with van der Waals surface area (Å²) in [5.74, 6) is 2.16. The number of amidine groups is 1. The van der Waals surface area contributed by atoms with Crippen LogP contribution in [0.4, 0.5) is 5.82 Å². The van der Waals surface area contributed by atoms with E-state index in [1.54, 1.807) is 14.0 Å². The van der Waals surface area contributed by atoms with Crippen molar-refractivity contribution < 1.29 is 4.74 Å². The number of hydrogen-bond acceptors (Lipinski definition) is 6. The molecule has 1 aliphatic heterocycles. The minimum Gasteiger partial charge on any atom is -0.480 e. The van der Waals surface area contributed by atoms with Crippen molar-refractivity contribution in [2.45, 2.75) is 6.92 Å². The summed E-state index contributed by atoms with van der Waals surface area (Å²) in [6.07, 6.45) is 0. The van der Waals surface area contributed by atoms with E-state index in [-0.39, 0.29) is 0 Å². The Morgan fingerprint density at radius 1 is 1.40 bits per heavy atom. The van der Waals surface area contributed by atoms with E-state index in [0.717, 1.165) is 13.1 Å². The molecule has 15 heavy (non-hydrogen) atoms. The molecule has 1 aromatic heterocycles. The minimum atomic E-state index is 0.396. The smallest absolute Gasteiger partial charge is 0.229 e. The highest BCUT2D eigenvalue weighted by Crippen LogP contribution is 2.21. The predicted octanol–water partition coefficient (Wildman–Crippen LogP) is -0.274. The van der Waals surface area contributed by atoms with E-state index in [9.17, 15) is 0 Å². The lowest BCUT2D eigenvalue weighted by atomic mass is 10.2. The fourth-order valence-corrected chi connectivity index (χ4v) is 1.50. The molecule has 0 aliphatic carbocycles. The molecule has 80 valence electrons. The van der Waals surface area contributed by atoms with Gasteiger partial charge in [-0.25, -0.2) is 4.98 Å². The highest BCUT2D eigenvalue weighted by atomic mass is 16.5. The van der Waals surface area contributed by atoms with Gasteiger partial charge in [-0.3, -0.25) is 4.99 Å². The van der Waals surface area contributed by atoms with Crippen LogP contribution in [0.15, 0.2) is 4.99 Å². The first-order valence-corrected chi connectivity index (χ1v) is 4.69. The van der Waals surface area contributed by atoms with E-state index in [2.05, 4.69) is 20.3 Å². The van der Waals surface area contributed by atoms with E-state index in [0.29, 0.717) is 28.9 Å². The SMILES string of the molecule is COc1nc(C)nc(N)c1C1=NCCN1. The van der Waals surface area contributed by atoms with Gasteiger partial charge in [-0.2, -0.15) is 4.98 Å². The largest absolute Gasteiger partial charge is 0.480 e. The molecule has 2 heterocycles. The molecule has 1 aliphatic rings. The molecule has 3 N–H and O–H groups in total. The number of hydrogen-bond donors (Lipinski definition) is 2. The number of methoxy groups -OCH3 is 1. The second-order valence-electron chi connectivity index (χ2n) is 3.20. The zero-order chi connectivity index (χ0) is 10.8. The van der Waals surface area contributed by atoms with Crippen LogP contribution < -0.4 is 15.8 Å². The minimum absolute atomic E-state index is 0.396. The fourth-order valence-electron chi connectivity index (χ4n) is 1.50. The van der Waals surface area contributed by atoms with Crippen LogP contribution in [0.5, 0.6) is 5.88 Å². The first kappa shape index (κ1) is 9.70. The predicted molar refractivity (Wildman–Crippen MR) is 57.1 cm³/mol. The second kappa shape index (κ2) is 3.72.